The lowest BCUT2D eigenvalue weighted by Gasteiger charge is -2.22. The van der Waals surface area contributed by atoms with Crippen LogP contribution in [0.15, 0.2) is 24.5 Å². The number of nitrogens with two attached hydrogens (primary N) is 1. The Morgan fingerprint density at radius 3 is 2.17 bits per heavy atom. The van der Waals surface area contributed by atoms with Crippen molar-refractivity contribution in [3.8, 4) is 0 Å². The summed E-state index contributed by atoms with van der Waals surface area (Å²) in [7, 11) is 0. The fraction of sp³-hybridized carbons (Fsp3) is 0.550. The van der Waals surface area contributed by atoms with Gasteiger partial charge in [0.25, 0.3) is 5.91 Å². The third-order valence-electron chi connectivity index (χ3n) is 4.50. The minimum absolute atomic E-state index is 0.0964. The van der Waals surface area contributed by atoms with Gasteiger partial charge in [0, 0.05) is 25.3 Å². The quantitative estimate of drug-likeness (QED) is 0.346. The normalized spacial score (nSPS) is 22.9. The van der Waals surface area contributed by atoms with Gasteiger partial charge in [0.05, 0.1) is 0 Å². The number of primary amides is 1. The summed E-state index contributed by atoms with van der Waals surface area (Å²) in [5.74, 6) is -2.14. The van der Waals surface area contributed by atoms with Gasteiger partial charge in [0.15, 0.2) is 18.5 Å². The number of pyridine rings is 1. The molecule has 10 heteroatoms. The molecule has 0 aliphatic carbocycles. The number of nitrogens with zero attached hydrogens (tertiary/aromatic N) is 1. The fourth-order valence-electron chi connectivity index (χ4n) is 2.89. The molecule has 30 heavy (non-hydrogen) atoms. The summed E-state index contributed by atoms with van der Waals surface area (Å²) in [6.45, 7) is 4.70. The highest BCUT2D eigenvalue weighted by molar-refractivity contribution is 5.92. The summed E-state index contributed by atoms with van der Waals surface area (Å²) in [5, 5.41) is 0. The van der Waals surface area contributed by atoms with Crippen molar-refractivity contribution in [2.24, 2.45) is 5.73 Å². The Kier molecular flexibility index (Phi) is 8.28. The van der Waals surface area contributed by atoms with Crippen molar-refractivity contribution in [2.75, 3.05) is 6.61 Å². The minimum atomic E-state index is -1.02. The SMILES string of the molecule is CCC(=O)OC[C@H]1O[C@@H]([n+]2cccc(C(N)=O)c2)[C@@H](OC(=O)CC)[C@@H]1OC(=O)CC. The largest absolute Gasteiger partial charge is 0.463 e. The van der Waals surface area contributed by atoms with Crippen LogP contribution < -0.4 is 10.3 Å². The Balaban J connectivity index is 2.40. The Morgan fingerprint density at radius 1 is 1.00 bits per heavy atom. The Labute approximate surface area is 174 Å². The third kappa shape index (κ3) is 5.76. The molecule has 2 N–H and O–H groups in total. The molecule has 1 fully saturated rings. The molecule has 4 atom stereocenters. The molecule has 1 amide bonds. The van der Waals surface area contributed by atoms with Crippen LogP contribution in [0.5, 0.6) is 0 Å². The average molecular weight is 423 g/mol. The number of hydrogen-bond acceptors (Lipinski definition) is 8. The summed E-state index contributed by atoms with van der Waals surface area (Å²) in [6.07, 6.45) is -0.430. The smallest absolute Gasteiger partial charge is 0.306 e. The Hall–Kier alpha value is -3.01. The van der Waals surface area contributed by atoms with Gasteiger partial charge in [-0.05, 0) is 6.07 Å². The van der Waals surface area contributed by atoms with Gasteiger partial charge in [0.1, 0.15) is 18.3 Å². The molecule has 0 saturated carbocycles. The van der Waals surface area contributed by atoms with Crippen LogP contribution in [0.25, 0.3) is 0 Å². The van der Waals surface area contributed by atoms with Crippen LogP contribution in [-0.2, 0) is 33.3 Å². The van der Waals surface area contributed by atoms with E-state index in [9.17, 15) is 19.2 Å². The molecular weight excluding hydrogens is 396 g/mol. The van der Waals surface area contributed by atoms with Crippen molar-refractivity contribution >= 4 is 23.8 Å². The van der Waals surface area contributed by atoms with Gasteiger partial charge >= 0.3 is 24.1 Å². The molecule has 10 nitrogen and oxygen atoms in total. The fourth-order valence-corrected chi connectivity index (χ4v) is 2.89. The summed E-state index contributed by atoms with van der Waals surface area (Å²) >= 11 is 0. The number of carbonyl (C=O) groups is 4. The van der Waals surface area contributed by atoms with Crippen LogP contribution in [0.1, 0.15) is 56.6 Å². The lowest BCUT2D eigenvalue weighted by Crippen LogP contribution is -2.49. The van der Waals surface area contributed by atoms with Crippen LogP contribution in [-0.4, -0.2) is 48.7 Å². The zero-order valence-corrected chi connectivity index (χ0v) is 17.2. The first-order valence-electron chi connectivity index (χ1n) is 9.81. The molecule has 0 unspecified atom stereocenters. The van der Waals surface area contributed by atoms with E-state index in [4.69, 9.17) is 24.7 Å². The monoisotopic (exact) mass is 423 g/mol. The summed E-state index contributed by atoms with van der Waals surface area (Å²) in [6, 6.07) is 3.11. The second-order valence-electron chi connectivity index (χ2n) is 6.62. The maximum absolute atomic E-state index is 12.1. The molecule has 1 aliphatic rings. The van der Waals surface area contributed by atoms with E-state index in [-0.39, 0.29) is 31.4 Å². The average Bonchev–Trinajstić information content (AvgIpc) is 3.08. The third-order valence-corrected chi connectivity index (χ3v) is 4.50. The maximum Gasteiger partial charge on any atom is 0.306 e. The lowest BCUT2D eigenvalue weighted by atomic mass is 10.1. The molecule has 1 saturated heterocycles. The summed E-state index contributed by atoms with van der Waals surface area (Å²) < 4.78 is 23.7. The molecule has 164 valence electrons. The van der Waals surface area contributed by atoms with Gasteiger partial charge in [-0.25, -0.2) is 0 Å². The predicted molar refractivity (Wildman–Crippen MR) is 101 cm³/mol. The van der Waals surface area contributed by atoms with E-state index in [1.807, 2.05) is 0 Å². The zero-order valence-electron chi connectivity index (χ0n) is 17.2. The highest BCUT2D eigenvalue weighted by atomic mass is 16.7. The molecule has 0 spiro atoms. The first kappa shape index (κ1) is 23.3. The number of aromatic nitrogens is 1. The van der Waals surface area contributed by atoms with Crippen molar-refractivity contribution < 1.29 is 42.7 Å². The molecule has 0 aromatic carbocycles. The highest BCUT2D eigenvalue weighted by Crippen LogP contribution is 2.31. The van der Waals surface area contributed by atoms with Gasteiger partial charge in [-0.1, -0.05) is 20.8 Å². The molecule has 2 rings (SSSR count). The Bertz CT molecular complexity index is 797. The molecule has 0 radical (unpaired) electrons. The van der Waals surface area contributed by atoms with E-state index in [1.165, 1.54) is 16.8 Å². The van der Waals surface area contributed by atoms with Crippen molar-refractivity contribution in [1.29, 1.82) is 0 Å². The van der Waals surface area contributed by atoms with Crippen molar-refractivity contribution in [3.05, 3.63) is 30.1 Å². The molecule has 1 aromatic rings. The topological polar surface area (TPSA) is 135 Å². The van der Waals surface area contributed by atoms with Crippen LogP contribution in [0.4, 0.5) is 0 Å². The number of ether oxygens (including phenoxy) is 4. The molecule has 2 heterocycles. The van der Waals surface area contributed by atoms with Crippen molar-refractivity contribution in [3.63, 3.8) is 0 Å². The number of carbonyl (C=O) groups excluding carboxylic acids is 4. The zero-order chi connectivity index (χ0) is 22.3. The standard InChI is InChI=1S/C20H26N2O8/c1-4-14(23)27-11-13-17(29-15(24)5-2)18(30-16(25)6-3)20(28-13)22-9-7-8-12(10-22)19(21)26/h7-10,13,17-18,20H,4-6,11H2,1-3H3,(H-,21,26)/p+1/t13-,17-,18+,20-/m1/s1. The lowest BCUT2D eigenvalue weighted by molar-refractivity contribution is -0.765. The van der Waals surface area contributed by atoms with E-state index >= 15 is 0 Å². The molecule has 1 aromatic heterocycles. The summed E-state index contributed by atoms with van der Waals surface area (Å²) in [4.78, 5) is 47.2. The van der Waals surface area contributed by atoms with Crippen LogP contribution in [0, 0.1) is 0 Å². The maximum atomic E-state index is 12.1. The number of esters is 3. The van der Waals surface area contributed by atoms with E-state index in [0.29, 0.717) is 0 Å². The van der Waals surface area contributed by atoms with E-state index in [1.54, 1.807) is 33.0 Å². The Morgan fingerprint density at radius 2 is 1.60 bits per heavy atom. The van der Waals surface area contributed by atoms with E-state index in [0.717, 1.165) is 0 Å². The van der Waals surface area contributed by atoms with Crippen LogP contribution in [0.2, 0.25) is 0 Å². The number of rotatable bonds is 9. The van der Waals surface area contributed by atoms with E-state index in [2.05, 4.69) is 0 Å². The van der Waals surface area contributed by atoms with Gasteiger partial charge in [0.2, 0.25) is 6.10 Å². The van der Waals surface area contributed by atoms with Gasteiger partial charge < -0.3 is 24.7 Å². The van der Waals surface area contributed by atoms with Crippen molar-refractivity contribution in [2.45, 2.75) is 64.6 Å². The molecule has 0 bridgehead atoms. The predicted octanol–water partition coefficient (Wildman–Crippen LogP) is 0.567. The minimum Gasteiger partial charge on any atom is -0.463 e. The van der Waals surface area contributed by atoms with Crippen LogP contribution >= 0.6 is 0 Å². The summed E-state index contributed by atoms with van der Waals surface area (Å²) in [5.41, 5.74) is 5.56. The van der Waals surface area contributed by atoms with E-state index < -0.39 is 48.4 Å². The van der Waals surface area contributed by atoms with Crippen molar-refractivity contribution in [1.82, 2.24) is 0 Å². The first-order chi connectivity index (χ1) is 14.3. The number of amides is 1. The van der Waals surface area contributed by atoms with Gasteiger partial charge in [-0.15, -0.1) is 0 Å². The number of hydrogen-bond donors (Lipinski definition) is 1. The molecular formula is C20H27N2O8+. The second-order valence-corrected chi connectivity index (χ2v) is 6.62. The molecule has 1 aliphatic heterocycles. The van der Waals surface area contributed by atoms with Crippen LogP contribution in [0.3, 0.4) is 0 Å². The van der Waals surface area contributed by atoms with Gasteiger partial charge in [-0.3, -0.25) is 19.2 Å². The first-order valence-corrected chi connectivity index (χ1v) is 9.81. The highest BCUT2D eigenvalue weighted by Gasteiger charge is 2.54. The van der Waals surface area contributed by atoms with Gasteiger partial charge in [-0.2, -0.15) is 4.57 Å². The second kappa shape index (κ2) is 10.7.